The van der Waals surface area contributed by atoms with E-state index in [2.05, 4.69) is 24.8 Å². The first kappa shape index (κ1) is 15.1. The maximum Gasteiger partial charge on any atom is 0.319 e. The normalized spacial score (nSPS) is 16.4. The molecule has 0 amide bonds. The van der Waals surface area contributed by atoms with Crippen molar-refractivity contribution in [2.75, 3.05) is 31.1 Å². The average Bonchev–Trinajstić information content (AvgIpc) is 3.22. The van der Waals surface area contributed by atoms with Crippen molar-refractivity contribution in [1.29, 1.82) is 0 Å². The highest BCUT2D eigenvalue weighted by Gasteiger charge is 2.21. The SMILES string of the molecule is FC(F)n1ccnc1CN1CCN(c2nc3ccccc3[nH]2)CC1. The van der Waals surface area contributed by atoms with E-state index < -0.39 is 6.55 Å². The van der Waals surface area contributed by atoms with Gasteiger partial charge in [0.25, 0.3) is 0 Å². The van der Waals surface area contributed by atoms with Crippen LogP contribution in [-0.4, -0.2) is 50.6 Å². The molecule has 0 aliphatic carbocycles. The van der Waals surface area contributed by atoms with Crippen LogP contribution in [0.1, 0.15) is 12.4 Å². The Labute approximate surface area is 137 Å². The van der Waals surface area contributed by atoms with Crippen LogP contribution in [0.15, 0.2) is 36.7 Å². The van der Waals surface area contributed by atoms with Gasteiger partial charge in [0.1, 0.15) is 5.82 Å². The van der Waals surface area contributed by atoms with Crippen LogP contribution in [0.5, 0.6) is 0 Å². The Bertz CT molecular complexity index is 786. The standard InChI is InChI=1S/C16H18F2N6/c17-15(18)24-6-5-19-14(24)11-22-7-9-23(10-8-22)16-20-12-3-1-2-4-13(12)21-16/h1-6,15H,7-11H2,(H,20,21). The van der Waals surface area contributed by atoms with Crippen molar-refractivity contribution in [3.63, 3.8) is 0 Å². The number of rotatable bonds is 4. The summed E-state index contributed by atoms with van der Waals surface area (Å²) in [4.78, 5) is 16.3. The van der Waals surface area contributed by atoms with Gasteiger partial charge in [0, 0.05) is 38.6 Å². The third kappa shape index (κ3) is 2.84. The minimum Gasteiger partial charge on any atom is -0.340 e. The first-order valence-electron chi connectivity index (χ1n) is 7.92. The van der Waals surface area contributed by atoms with Crippen LogP contribution in [0.4, 0.5) is 14.7 Å². The third-order valence-electron chi connectivity index (χ3n) is 4.37. The van der Waals surface area contributed by atoms with Gasteiger partial charge in [0.15, 0.2) is 0 Å². The molecular weight excluding hydrogens is 314 g/mol. The minimum absolute atomic E-state index is 0.405. The van der Waals surface area contributed by atoms with Gasteiger partial charge in [-0.1, -0.05) is 12.1 Å². The summed E-state index contributed by atoms with van der Waals surface area (Å²) in [5.41, 5.74) is 1.97. The van der Waals surface area contributed by atoms with Crippen molar-refractivity contribution < 1.29 is 8.78 Å². The molecule has 1 aliphatic heterocycles. The summed E-state index contributed by atoms with van der Waals surface area (Å²) in [5, 5.41) is 0. The molecule has 3 heterocycles. The van der Waals surface area contributed by atoms with E-state index in [1.165, 1.54) is 12.4 Å². The average molecular weight is 332 g/mol. The van der Waals surface area contributed by atoms with Crippen LogP contribution in [0.2, 0.25) is 0 Å². The molecule has 126 valence electrons. The first-order valence-corrected chi connectivity index (χ1v) is 7.92. The van der Waals surface area contributed by atoms with Gasteiger partial charge in [-0.25, -0.2) is 9.97 Å². The van der Waals surface area contributed by atoms with Crippen molar-refractivity contribution in [3.05, 3.63) is 42.5 Å². The highest BCUT2D eigenvalue weighted by molar-refractivity contribution is 5.77. The third-order valence-corrected chi connectivity index (χ3v) is 4.37. The zero-order valence-corrected chi connectivity index (χ0v) is 13.1. The van der Waals surface area contributed by atoms with E-state index >= 15 is 0 Å². The predicted molar refractivity (Wildman–Crippen MR) is 87.1 cm³/mol. The lowest BCUT2D eigenvalue weighted by Gasteiger charge is -2.34. The fourth-order valence-corrected chi connectivity index (χ4v) is 3.05. The molecule has 0 saturated carbocycles. The topological polar surface area (TPSA) is 53.0 Å². The summed E-state index contributed by atoms with van der Waals surface area (Å²) >= 11 is 0. The maximum absolute atomic E-state index is 12.9. The number of hydrogen-bond donors (Lipinski definition) is 1. The fourth-order valence-electron chi connectivity index (χ4n) is 3.05. The van der Waals surface area contributed by atoms with Gasteiger partial charge in [0.2, 0.25) is 5.95 Å². The lowest BCUT2D eigenvalue weighted by atomic mass is 10.3. The number of aromatic nitrogens is 4. The number of para-hydroxylation sites is 2. The number of H-pyrrole nitrogens is 1. The van der Waals surface area contributed by atoms with Gasteiger partial charge in [0.05, 0.1) is 17.6 Å². The second-order valence-electron chi connectivity index (χ2n) is 5.87. The molecule has 2 aromatic heterocycles. The second-order valence-corrected chi connectivity index (χ2v) is 5.87. The number of piperazine rings is 1. The second kappa shape index (κ2) is 6.20. The summed E-state index contributed by atoms with van der Waals surface area (Å²) in [6, 6.07) is 7.94. The number of aromatic amines is 1. The number of halogens is 2. The molecule has 1 fully saturated rings. The van der Waals surface area contributed by atoms with Crippen LogP contribution < -0.4 is 4.90 Å². The number of anilines is 1. The Morgan fingerprint density at radius 1 is 1.12 bits per heavy atom. The molecule has 0 spiro atoms. The Kier molecular flexibility index (Phi) is 3.89. The largest absolute Gasteiger partial charge is 0.340 e. The van der Waals surface area contributed by atoms with E-state index in [1.807, 2.05) is 24.3 Å². The molecule has 1 aliphatic rings. The van der Waals surface area contributed by atoms with Gasteiger partial charge in [-0.15, -0.1) is 0 Å². The molecule has 24 heavy (non-hydrogen) atoms. The molecular formula is C16H18F2N6. The lowest BCUT2D eigenvalue weighted by Crippen LogP contribution is -2.46. The summed E-state index contributed by atoms with van der Waals surface area (Å²) in [6.45, 7) is 1.06. The summed E-state index contributed by atoms with van der Waals surface area (Å²) in [7, 11) is 0. The molecule has 0 atom stereocenters. The Balaban J connectivity index is 1.40. The highest BCUT2D eigenvalue weighted by Crippen LogP contribution is 2.19. The minimum atomic E-state index is -2.54. The number of hydrogen-bond acceptors (Lipinski definition) is 4. The van der Waals surface area contributed by atoms with E-state index in [1.54, 1.807) is 0 Å². The van der Waals surface area contributed by atoms with Crippen LogP contribution >= 0.6 is 0 Å². The number of benzene rings is 1. The molecule has 1 aromatic carbocycles. The molecule has 0 unspecified atom stereocenters. The van der Waals surface area contributed by atoms with Gasteiger partial charge < -0.3 is 9.88 Å². The van der Waals surface area contributed by atoms with Crippen LogP contribution in [0.3, 0.4) is 0 Å². The number of fused-ring (bicyclic) bond motifs is 1. The summed E-state index contributed by atoms with van der Waals surface area (Å²) in [5.74, 6) is 1.27. The van der Waals surface area contributed by atoms with Crippen LogP contribution in [0.25, 0.3) is 11.0 Å². The monoisotopic (exact) mass is 332 g/mol. The summed E-state index contributed by atoms with van der Waals surface area (Å²) in [6.07, 6.45) is 2.75. The van der Waals surface area contributed by atoms with Crippen LogP contribution in [-0.2, 0) is 6.54 Å². The molecule has 4 rings (SSSR count). The van der Waals surface area contributed by atoms with E-state index in [-0.39, 0.29) is 0 Å². The molecule has 8 heteroatoms. The van der Waals surface area contributed by atoms with Gasteiger partial charge in [-0.2, -0.15) is 8.78 Å². The van der Waals surface area contributed by atoms with E-state index in [0.29, 0.717) is 12.4 Å². The van der Waals surface area contributed by atoms with Gasteiger partial charge >= 0.3 is 6.55 Å². The lowest BCUT2D eigenvalue weighted by molar-refractivity contribution is 0.0636. The van der Waals surface area contributed by atoms with Crippen LogP contribution in [0, 0.1) is 0 Å². The van der Waals surface area contributed by atoms with Crippen molar-refractivity contribution in [2.24, 2.45) is 0 Å². The summed E-state index contributed by atoms with van der Waals surface area (Å²) < 4.78 is 26.7. The smallest absolute Gasteiger partial charge is 0.319 e. The zero-order valence-electron chi connectivity index (χ0n) is 13.1. The molecule has 6 nitrogen and oxygen atoms in total. The van der Waals surface area contributed by atoms with Crippen molar-refractivity contribution in [3.8, 4) is 0 Å². The fraction of sp³-hybridized carbons (Fsp3) is 0.375. The molecule has 0 bridgehead atoms. The molecule has 1 N–H and O–H groups in total. The van der Waals surface area contributed by atoms with Crippen molar-refractivity contribution in [1.82, 2.24) is 24.4 Å². The number of imidazole rings is 2. The number of nitrogens with one attached hydrogen (secondary N) is 1. The highest BCUT2D eigenvalue weighted by atomic mass is 19.3. The Hall–Kier alpha value is -2.48. The maximum atomic E-state index is 12.9. The zero-order chi connectivity index (χ0) is 16.5. The number of alkyl halides is 2. The molecule has 0 radical (unpaired) electrons. The van der Waals surface area contributed by atoms with E-state index in [4.69, 9.17) is 0 Å². The quantitative estimate of drug-likeness (QED) is 0.797. The van der Waals surface area contributed by atoms with E-state index in [0.717, 1.165) is 47.7 Å². The predicted octanol–water partition coefficient (Wildman–Crippen LogP) is 2.48. The van der Waals surface area contributed by atoms with E-state index in [9.17, 15) is 8.78 Å². The first-order chi connectivity index (χ1) is 11.7. The van der Waals surface area contributed by atoms with Gasteiger partial charge in [-0.05, 0) is 12.1 Å². The van der Waals surface area contributed by atoms with Crippen molar-refractivity contribution >= 4 is 17.0 Å². The molecule has 1 saturated heterocycles. The molecule has 3 aromatic rings. The number of nitrogens with zero attached hydrogens (tertiary/aromatic N) is 5. The van der Waals surface area contributed by atoms with Crippen molar-refractivity contribution in [2.45, 2.75) is 13.1 Å². The Morgan fingerprint density at radius 3 is 2.67 bits per heavy atom. The van der Waals surface area contributed by atoms with Gasteiger partial charge in [-0.3, -0.25) is 9.47 Å². The Morgan fingerprint density at radius 2 is 1.92 bits per heavy atom.